The first-order valence-electron chi connectivity index (χ1n) is 6.82. The molecular weight excluding hydrogens is 285 g/mol. The molecule has 0 radical (unpaired) electrons. The molecule has 0 N–H and O–H groups in total. The molecule has 2 atom stereocenters. The van der Waals surface area contributed by atoms with Crippen molar-refractivity contribution in [2.24, 2.45) is 5.92 Å². The molecule has 2 unspecified atom stereocenters. The highest BCUT2D eigenvalue weighted by Crippen LogP contribution is 2.46. The Morgan fingerprint density at radius 3 is 2.40 bits per heavy atom. The van der Waals surface area contributed by atoms with E-state index >= 15 is 0 Å². The number of carbonyl (C=O) groups is 1. The van der Waals surface area contributed by atoms with E-state index < -0.39 is 17.8 Å². The van der Waals surface area contributed by atoms with Crippen molar-refractivity contribution < 1.29 is 18.0 Å². The molecule has 108 valence electrons. The van der Waals surface area contributed by atoms with Gasteiger partial charge in [-0.15, -0.1) is 0 Å². The number of benzene rings is 1. The van der Waals surface area contributed by atoms with Gasteiger partial charge in [0.05, 0.1) is 5.56 Å². The van der Waals surface area contributed by atoms with E-state index in [1.165, 1.54) is 6.07 Å². The van der Waals surface area contributed by atoms with Crippen molar-refractivity contribution in [3.63, 3.8) is 0 Å². The van der Waals surface area contributed by atoms with Crippen molar-refractivity contribution in [2.75, 3.05) is 0 Å². The van der Waals surface area contributed by atoms with E-state index in [-0.39, 0.29) is 17.3 Å². The van der Waals surface area contributed by atoms with Crippen LogP contribution in [0, 0.1) is 11.7 Å². The highest BCUT2D eigenvalue weighted by atomic mass is 32.2. The van der Waals surface area contributed by atoms with E-state index in [0.29, 0.717) is 10.5 Å². The fraction of sp³-hybridized carbons (Fsp3) is 0.533. The molecule has 0 aliphatic carbocycles. The second-order valence-corrected chi connectivity index (χ2v) is 7.13. The Morgan fingerprint density at radius 2 is 1.85 bits per heavy atom. The number of hydrogen-bond acceptors (Lipinski definition) is 2. The molecule has 3 rings (SSSR count). The Morgan fingerprint density at radius 1 is 1.20 bits per heavy atom. The number of Topliss-reactive ketones (excluding diaryl/α,β-unsaturated/α-hetero) is 1. The summed E-state index contributed by atoms with van der Waals surface area (Å²) in [5.41, 5.74) is -0.413. The summed E-state index contributed by atoms with van der Waals surface area (Å²) in [4.78, 5) is 12.4. The number of halogens is 3. The zero-order valence-corrected chi connectivity index (χ0v) is 11.6. The maximum absolute atomic E-state index is 13.6. The standard InChI is InChI=1S/C15H15F3OS/c16-13-7-8(1-4-12(13)15(17)18)14(19)9-5-10-2-3-11(6-9)20-10/h1,4,7,9-11,15H,2-3,5-6H2. The molecule has 1 aromatic rings. The molecule has 2 aliphatic heterocycles. The number of hydrogen-bond donors (Lipinski definition) is 0. The fourth-order valence-electron chi connectivity index (χ4n) is 3.16. The minimum Gasteiger partial charge on any atom is -0.294 e. The van der Waals surface area contributed by atoms with Crippen LogP contribution in [0.25, 0.3) is 0 Å². The lowest BCUT2D eigenvalue weighted by Crippen LogP contribution is -2.25. The van der Waals surface area contributed by atoms with Gasteiger partial charge in [-0.05, 0) is 37.8 Å². The Bertz CT molecular complexity index is 520. The van der Waals surface area contributed by atoms with Crippen molar-refractivity contribution in [2.45, 2.75) is 42.6 Å². The molecule has 1 nitrogen and oxygen atoms in total. The van der Waals surface area contributed by atoms with Gasteiger partial charge >= 0.3 is 0 Å². The van der Waals surface area contributed by atoms with Gasteiger partial charge in [-0.1, -0.05) is 6.07 Å². The minimum atomic E-state index is -2.85. The van der Waals surface area contributed by atoms with Crippen molar-refractivity contribution in [1.29, 1.82) is 0 Å². The summed E-state index contributed by atoms with van der Waals surface area (Å²) >= 11 is 1.95. The second-order valence-electron chi connectivity index (χ2n) is 5.53. The molecule has 0 amide bonds. The first kappa shape index (κ1) is 14.0. The van der Waals surface area contributed by atoms with E-state index in [2.05, 4.69) is 0 Å². The number of alkyl halides is 2. The lowest BCUT2D eigenvalue weighted by atomic mass is 9.90. The van der Waals surface area contributed by atoms with Crippen LogP contribution in [0.5, 0.6) is 0 Å². The summed E-state index contributed by atoms with van der Waals surface area (Å²) in [6.45, 7) is 0. The zero-order valence-electron chi connectivity index (χ0n) is 10.8. The molecule has 2 heterocycles. The van der Waals surface area contributed by atoms with E-state index in [1.54, 1.807) is 0 Å². The lowest BCUT2D eigenvalue weighted by molar-refractivity contribution is 0.0905. The third-order valence-corrected chi connectivity index (χ3v) is 5.81. The van der Waals surface area contributed by atoms with E-state index in [4.69, 9.17) is 0 Å². The van der Waals surface area contributed by atoms with Gasteiger partial charge in [-0.3, -0.25) is 4.79 Å². The zero-order chi connectivity index (χ0) is 14.3. The molecule has 5 heteroatoms. The average molecular weight is 300 g/mol. The van der Waals surface area contributed by atoms with Crippen molar-refractivity contribution >= 4 is 17.5 Å². The first-order chi connectivity index (χ1) is 9.54. The van der Waals surface area contributed by atoms with E-state index in [9.17, 15) is 18.0 Å². The molecule has 2 fully saturated rings. The fourth-order valence-corrected chi connectivity index (χ4v) is 4.94. The molecule has 20 heavy (non-hydrogen) atoms. The summed E-state index contributed by atoms with van der Waals surface area (Å²) < 4.78 is 38.6. The molecule has 0 spiro atoms. The van der Waals surface area contributed by atoms with Crippen molar-refractivity contribution in [1.82, 2.24) is 0 Å². The number of fused-ring (bicyclic) bond motifs is 2. The summed E-state index contributed by atoms with van der Waals surface area (Å²) in [6.07, 6.45) is 1.12. The number of rotatable bonds is 3. The number of ketones is 1. The molecule has 2 aliphatic rings. The van der Waals surface area contributed by atoms with Gasteiger partial charge in [0.1, 0.15) is 5.82 Å². The second kappa shape index (κ2) is 5.43. The molecule has 0 saturated carbocycles. The van der Waals surface area contributed by atoms with Gasteiger partial charge < -0.3 is 0 Å². The van der Waals surface area contributed by atoms with Crippen molar-refractivity contribution in [3.05, 3.63) is 35.1 Å². The van der Waals surface area contributed by atoms with Crippen LogP contribution >= 0.6 is 11.8 Å². The summed E-state index contributed by atoms with van der Waals surface area (Å²) in [5.74, 6) is -1.16. The van der Waals surface area contributed by atoms with Crippen LogP contribution in [0.2, 0.25) is 0 Å². The van der Waals surface area contributed by atoms with Gasteiger partial charge in [0.25, 0.3) is 6.43 Å². The quantitative estimate of drug-likeness (QED) is 0.758. The normalized spacial score (nSPS) is 28.9. The monoisotopic (exact) mass is 300 g/mol. The molecule has 1 aromatic carbocycles. The third kappa shape index (κ3) is 2.60. The Balaban J connectivity index is 1.79. The molecular formula is C15H15F3OS. The Labute approximate surface area is 119 Å². The van der Waals surface area contributed by atoms with Gasteiger partial charge in [-0.25, -0.2) is 13.2 Å². The van der Waals surface area contributed by atoms with Crippen LogP contribution in [-0.2, 0) is 0 Å². The Kier molecular flexibility index (Phi) is 3.80. The van der Waals surface area contributed by atoms with Gasteiger partial charge in [0.2, 0.25) is 0 Å². The summed E-state index contributed by atoms with van der Waals surface area (Å²) in [7, 11) is 0. The van der Waals surface area contributed by atoms with Crippen LogP contribution in [0.1, 0.15) is 48.0 Å². The largest absolute Gasteiger partial charge is 0.294 e. The van der Waals surface area contributed by atoms with Crippen LogP contribution in [0.15, 0.2) is 18.2 Å². The predicted octanol–water partition coefficient (Wildman–Crippen LogP) is 4.62. The number of thioether (sulfide) groups is 1. The van der Waals surface area contributed by atoms with Gasteiger partial charge in [0, 0.05) is 22.0 Å². The summed E-state index contributed by atoms with van der Waals surface area (Å²) in [6, 6.07) is 3.32. The average Bonchev–Trinajstić information content (AvgIpc) is 2.76. The van der Waals surface area contributed by atoms with Gasteiger partial charge in [-0.2, -0.15) is 11.8 Å². The molecule has 2 bridgehead atoms. The number of carbonyl (C=O) groups excluding carboxylic acids is 1. The van der Waals surface area contributed by atoms with Crippen LogP contribution in [-0.4, -0.2) is 16.3 Å². The summed E-state index contributed by atoms with van der Waals surface area (Å²) in [5, 5.41) is 1.07. The molecule has 2 saturated heterocycles. The SMILES string of the molecule is O=C(c1ccc(C(F)F)c(F)c1)C1CC2CCC(C1)S2. The van der Waals surface area contributed by atoms with Crippen LogP contribution in [0.3, 0.4) is 0 Å². The van der Waals surface area contributed by atoms with Crippen LogP contribution in [0.4, 0.5) is 13.2 Å². The maximum Gasteiger partial charge on any atom is 0.266 e. The van der Waals surface area contributed by atoms with E-state index in [1.807, 2.05) is 11.8 Å². The van der Waals surface area contributed by atoms with Crippen molar-refractivity contribution in [3.8, 4) is 0 Å². The lowest BCUT2D eigenvalue weighted by Gasteiger charge is -2.26. The first-order valence-corrected chi connectivity index (χ1v) is 7.76. The third-order valence-electron chi connectivity index (χ3n) is 4.18. The topological polar surface area (TPSA) is 17.1 Å². The highest BCUT2D eigenvalue weighted by Gasteiger charge is 2.38. The highest BCUT2D eigenvalue weighted by molar-refractivity contribution is 8.00. The molecule has 0 aromatic heterocycles. The smallest absolute Gasteiger partial charge is 0.266 e. The maximum atomic E-state index is 13.6. The van der Waals surface area contributed by atoms with Gasteiger partial charge in [0.15, 0.2) is 5.78 Å². The van der Waals surface area contributed by atoms with E-state index in [0.717, 1.165) is 37.8 Å². The minimum absolute atomic E-state index is 0.0782. The van der Waals surface area contributed by atoms with Crippen LogP contribution < -0.4 is 0 Å². The Hall–Kier alpha value is -0.970. The predicted molar refractivity (Wildman–Crippen MR) is 72.8 cm³/mol.